The average Bonchev–Trinajstić information content (AvgIpc) is 2.75. The first-order chi connectivity index (χ1) is 8.63. The van der Waals surface area contributed by atoms with E-state index in [-0.39, 0.29) is 0 Å². The third kappa shape index (κ3) is 1.78. The summed E-state index contributed by atoms with van der Waals surface area (Å²) in [5.41, 5.74) is 3.58. The van der Waals surface area contributed by atoms with E-state index < -0.39 is 11.6 Å². The van der Waals surface area contributed by atoms with Crippen molar-refractivity contribution in [2.45, 2.75) is 6.92 Å². The molecule has 0 unspecified atom stereocenters. The summed E-state index contributed by atoms with van der Waals surface area (Å²) in [6.45, 7) is 2.01. The zero-order chi connectivity index (χ0) is 12.7. The van der Waals surface area contributed by atoms with Crippen LogP contribution in [0.5, 0.6) is 0 Å². The predicted octanol–water partition coefficient (Wildman–Crippen LogP) is 4.42. The SMILES string of the molecule is Cc1ccc2cc(-c3ccc(F)c(F)c3)[nH]c2c1. The highest BCUT2D eigenvalue weighted by Gasteiger charge is 2.07. The van der Waals surface area contributed by atoms with Crippen molar-refractivity contribution in [2.75, 3.05) is 0 Å². The molecule has 0 amide bonds. The number of aryl methyl sites for hydroxylation is 1. The highest BCUT2D eigenvalue weighted by Crippen LogP contribution is 2.25. The molecule has 0 spiro atoms. The first-order valence-corrected chi connectivity index (χ1v) is 5.68. The van der Waals surface area contributed by atoms with Crippen molar-refractivity contribution >= 4 is 10.9 Å². The Labute approximate surface area is 103 Å². The quantitative estimate of drug-likeness (QED) is 0.651. The summed E-state index contributed by atoms with van der Waals surface area (Å²) in [5, 5.41) is 1.06. The Morgan fingerprint density at radius 3 is 2.50 bits per heavy atom. The van der Waals surface area contributed by atoms with Crippen LogP contribution in [0, 0.1) is 18.6 Å². The molecule has 0 fully saturated rings. The minimum absolute atomic E-state index is 0.641. The molecule has 0 bridgehead atoms. The molecule has 1 aromatic heterocycles. The van der Waals surface area contributed by atoms with Gasteiger partial charge >= 0.3 is 0 Å². The van der Waals surface area contributed by atoms with Gasteiger partial charge in [-0.15, -0.1) is 0 Å². The van der Waals surface area contributed by atoms with Crippen LogP contribution in [0.2, 0.25) is 0 Å². The van der Waals surface area contributed by atoms with Crippen LogP contribution < -0.4 is 0 Å². The van der Waals surface area contributed by atoms with Gasteiger partial charge in [0.2, 0.25) is 0 Å². The van der Waals surface area contributed by atoms with Crippen LogP contribution in [0.1, 0.15) is 5.56 Å². The fraction of sp³-hybridized carbons (Fsp3) is 0.0667. The molecule has 1 heterocycles. The van der Waals surface area contributed by atoms with E-state index in [0.717, 1.165) is 28.2 Å². The van der Waals surface area contributed by atoms with Gasteiger partial charge in [-0.2, -0.15) is 0 Å². The highest BCUT2D eigenvalue weighted by molar-refractivity contribution is 5.86. The lowest BCUT2D eigenvalue weighted by Crippen LogP contribution is -1.85. The smallest absolute Gasteiger partial charge is 0.159 e. The molecule has 0 saturated carbocycles. The van der Waals surface area contributed by atoms with Gasteiger partial charge in [0.1, 0.15) is 0 Å². The van der Waals surface area contributed by atoms with E-state index in [2.05, 4.69) is 4.98 Å². The van der Waals surface area contributed by atoms with Crippen molar-refractivity contribution in [1.29, 1.82) is 0 Å². The van der Waals surface area contributed by atoms with E-state index in [1.54, 1.807) is 6.07 Å². The van der Waals surface area contributed by atoms with E-state index in [1.807, 2.05) is 31.2 Å². The van der Waals surface area contributed by atoms with Gasteiger partial charge in [-0.1, -0.05) is 12.1 Å². The molecule has 3 heteroatoms. The number of fused-ring (bicyclic) bond motifs is 1. The van der Waals surface area contributed by atoms with Gasteiger partial charge in [0.15, 0.2) is 11.6 Å². The number of halogens is 2. The zero-order valence-electron chi connectivity index (χ0n) is 9.80. The molecule has 0 aliphatic carbocycles. The highest BCUT2D eigenvalue weighted by atomic mass is 19.2. The molecule has 1 N–H and O–H groups in total. The van der Waals surface area contributed by atoms with Gasteiger partial charge in [0.05, 0.1) is 0 Å². The van der Waals surface area contributed by atoms with Gasteiger partial charge in [-0.25, -0.2) is 8.78 Å². The van der Waals surface area contributed by atoms with Crippen molar-refractivity contribution in [2.24, 2.45) is 0 Å². The topological polar surface area (TPSA) is 15.8 Å². The molecule has 0 aliphatic heterocycles. The first-order valence-electron chi connectivity index (χ1n) is 5.68. The second-order valence-electron chi connectivity index (χ2n) is 4.40. The molecular formula is C15H11F2N. The predicted molar refractivity (Wildman–Crippen MR) is 68.4 cm³/mol. The van der Waals surface area contributed by atoms with Crippen LogP contribution in [0.25, 0.3) is 22.2 Å². The number of nitrogens with one attached hydrogen (secondary N) is 1. The summed E-state index contributed by atoms with van der Waals surface area (Å²) in [6.07, 6.45) is 0. The fourth-order valence-corrected chi connectivity index (χ4v) is 2.06. The Morgan fingerprint density at radius 1 is 0.889 bits per heavy atom. The summed E-state index contributed by atoms with van der Waals surface area (Å²) < 4.78 is 26.1. The third-order valence-electron chi connectivity index (χ3n) is 3.01. The monoisotopic (exact) mass is 243 g/mol. The van der Waals surface area contributed by atoms with Crippen molar-refractivity contribution in [3.05, 3.63) is 59.7 Å². The van der Waals surface area contributed by atoms with Crippen molar-refractivity contribution < 1.29 is 8.78 Å². The summed E-state index contributed by atoms with van der Waals surface area (Å²) in [7, 11) is 0. The molecule has 90 valence electrons. The Kier molecular flexibility index (Phi) is 2.40. The number of hydrogen-bond acceptors (Lipinski definition) is 0. The van der Waals surface area contributed by atoms with Crippen LogP contribution in [0.4, 0.5) is 8.78 Å². The van der Waals surface area contributed by atoms with Crippen LogP contribution in [0.15, 0.2) is 42.5 Å². The lowest BCUT2D eigenvalue weighted by molar-refractivity contribution is 0.509. The maximum Gasteiger partial charge on any atom is 0.159 e. The van der Waals surface area contributed by atoms with Gasteiger partial charge in [0, 0.05) is 22.2 Å². The summed E-state index contributed by atoms with van der Waals surface area (Å²) in [6, 6.07) is 11.9. The van der Waals surface area contributed by atoms with Crippen molar-refractivity contribution in [1.82, 2.24) is 4.98 Å². The molecule has 0 saturated heterocycles. The Morgan fingerprint density at radius 2 is 1.72 bits per heavy atom. The molecule has 0 aliphatic rings. The maximum absolute atomic E-state index is 13.2. The number of aromatic nitrogens is 1. The first kappa shape index (κ1) is 11.0. The molecule has 2 aromatic carbocycles. The molecule has 3 rings (SSSR count). The number of benzene rings is 2. The zero-order valence-corrected chi connectivity index (χ0v) is 9.80. The second kappa shape index (κ2) is 3.95. The van der Waals surface area contributed by atoms with E-state index in [4.69, 9.17) is 0 Å². The normalized spacial score (nSPS) is 11.1. The number of H-pyrrole nitrogens is 1. The molecule has 0 atom stereocenters. The standard InChI is InChI=1S/C15H11F2N/c1-9-2-3-11-8-15(18-14(11)6-9)10-4-5-12(16)13(17)7-10/h2-8,18H,1H3. The number of hydrogen-bond donors (Lipinski definition) is 1. The molecule has 1 nitrogen and oxygen atoms in total. The summed E-state index contributed by atoms with van der Waals surface area (Å²) >= 11 is 0. The number of rotatable bonds is 1. The molecule has 3 aromatic rings. The van der Waals surface area contributed by atoms with E-state index in [9.17, 15) is 8.78 Å². The lowest BCUT2D eigenvalue weighted by Gasteiger charge is -1.98. The van der Waals surface area contributed by atoms with Gasteiger partial charge in [-0.3, -0.25) is 0 Å². The van der Waals surface area contributed by atoms with E-state index in [0.29, 0.717) is 5.56 Å². The summed E-state index contributed by atoms with van der Waals surface area (Å²) in [5.74, 6) is -1.66. The second-order valence-corrected chi connectivity index (χ2v) is 4.40. The van der Waals surface area contributed by atoms with Crippen LogP contribution in [-0.2, 0) is 0 Å². The van der Waals surface area contributed by atoms with E-state index in [1.165, 1.54) is 6.07 Å². The largest absolute Gasteiger partial charge is 0.355 e. The molecule has 0 radical (unpaired) electrons. The van der Waals surface area contributed by atoms with Gasteiger partial charge < -0.3 is 4.98 Å². The van der Waals surface area contributed by atoms with Gasteiger partial charge in [0.25, 0.3) is 0 Å². The van der Waals surface area contributed by atoms with Crippen molar-refractivity contribution in [3.63, 3.8) is 0 Å². The average molecular weight is 243 g/mol. The van der Waals surface area contributed by atoms with Gasteiger partial charge in [-0.05, 0) is 42.8 Å². The van der Waals surface area contributed by atoms with Crippen LogP contribution in [0.3, 0.4) is 0 Å². The third-order valence-corrected chi connectivity index (χ3v) is 3.01. The lowest BCUT2D eigenvalue weighted by atomic mass is 10.1. The minimum Gasteiger partial charge on any atom is -0.355 e. The van der Waals surface area contributed by atoms with Crippen LogP contribution in [-0.4, -0.2) is 4.98 Å². The Hall–Kier alpha value is -2.16. The minimum atomic E-state index is -0.831. The van der Waals surface area contributed by atoms with Crippen molar-refractivity contribution in [3.8, 4) is 11.3 Å². The fourth-order valence-electron chi connectivity index (χ4n) is 2.06. The van der Waals surface area contributed by atoms with E-state index >= 15 is 0 Å². The van der Waals surface area contributed by atoms with Crippen LogP contribution >= 0.6 is 0 Å². The number of aromatic amines is 1. The maximum atomic E-state index is 13.2. The summed E-state index contributed by atoms with van der Waals surface area (Å²) in [4.78, 5) is 3.21. The molecular weight excluding hydrogens is 232 g/mol. The Balaban J connectivity index is 2.16. The molecule has 18 heavy (non-hydrogen) atoms. The Bertz CT molecular complexity index is 728.